The summed E-state index contributed by atoms with van der Waals surface area (Å²) in [7, 11) is 0. The molecule has 0 aliphatic carbocycles. The van der Waals surface area contributed by atoms with Gasteiger partial charge in [0.15, 0.2) is 5.78 Å². The topological polar surface area (TPSA) is 30.0 Å². The number of Topliss-reactive ketones (excluding diaryl/α,β-unsaturated/α-hetero) is 1. The second-order valence-corrected chi connectivity index (χ2v) is 3.24. The van der Waals surface area contributed by atoms with Gasteiger partial charge in [0.2, 0.25) is 0 Å². The molecule has 0 amide bonds. The first kappa shape index (κ1) is 8.68. The molecule has 0 atom stereocenters. The van der Waals surface area contributed by atoms with Gasteiger partial charge in [0, 0.05) is 6.92 Å². The van der Waals surface area contributed by atoms with Crippen LogP contribution in [0.2, 0.25) is 5.02 Å². The summed E-state index contributed by atoms with van der Waals surface area (Å²) in [5.41, 5.74) is 0.307. The largest absolute Gasteiger partial charge is 0.293 e. The van der Waals surface area contributed by atoms with Crippen molar-refractivity contribution in [2.45, 2.75) is 6.92 Å². The van der Waals surface area contributed by atoms with Crippen LogP contribution in [0.3, 0.4) is 0 Å². The fraction of sp³-hybridized carbons (Fsp3) is 0.143. The van der Waals surface area contributed by atoms with Crippen LogP contribution < -0.4 is 0 Å². The zero-order valence-corrected chi connectivity index (χ0v) is 8.11. The fourth-order valence-corrected chi connectivity index (χ4v) is 1.21. The average Bonchev–Trinajstić information content (AvgIpc) is 1.94. The number of rotatable bonds is 1. The van der Waals surface area contributed by atoms with Crippen molar-refractivity contribution in [1.29, 1.82) is 0 Å². The molecule has 0 spiro atoms. The molecule has 0 fully saturated rings. The van der Waals surface area contributed by atoms with E-state index in [1.165, 1.54) is 6.92 Å². The molecular formula is C7H5BrClNO. The van der Waals surface area contributed by atoms with Gasteiger partial charge in [-0.2, -0.15) is 0 Å². The van der Waals surface area contributed by atoms with Gasteiger partial charge >= 0.3 is 0 Å². The molecule has 0 radical (unpaired) electrons. The van der Waals surface area contributed by atoms with Crippen LogP contribution in [0.15, 0.2) is 16.7 Å². The molecule has 1 aromatic rings. The Morgan fingerprint density at radius 1 is 1.64 bits per heavy atom. The molecule has 4 heteroatoms. The molecule has 0 saturated carbocycles. The Balaban J connectivity index is 3.23. The van der Waals surface area contributed by atoms with Crippen LogP contribution in [0.5, 0.6) is 0 Å². The lowest BCUT2D eigenvalue weighted by molar-refractivity contribution is 0.101. The van der Waals surface area contributed by atoms with E-state index in [9.17, 15) is 4.79 Å². The Kier molecular flexibility index (Phi) is 2.62. The third kappa shape index (κ3) is 2.01. The third-order valence-corrected chi connectivity index (χ3v) is 1.89. The van der Waals surface area contributed by atoms with Crippen LogP contribution in [0, 0.1) is 0 Å². The number of ketones is 1. The molecule has 1 aromatic heterocycles. The van der Waals surface area contributed by atoms with E-state index in [1.54, 1.807) is 12.1 Å². The van der Waals surface area contributed by atoms with Crippen molar-refractivity contribution in [3.63, 3.8) is 0 Å². The summed E-state index contributed by atoms with van der Waals surface area (Å²) in [5.74, 6) is -0.128. The van der Waals surface area contributed by atoms with Gasteiger partial charge in [-0.3, -0.25) is 4.79 Å². The highest BCUT2D eigenvalue weighted by atomic mass is 79.9. The lowest BCUT2D eigenvalue weighted by Gasteiger charge is -1.97. The maximum atomic E-state index is 10.9. The highest BCUT2D eigenvalue weighted by Gasteiger charge is 2.06. The van der Waals surface area contributed by atoms with E-state index in [-0.39, 0.29) is 5.78 Å². The fourth-order valence-electron chi connectivity index (χ4n) is 0.665. The Bertz CT molecular complexity index is 300. The number of pyridine rings is 1. The van der Waals surface area contributed by atoms with E-state index in [4.69, 9.17) is 11.6 Å². The predicted molar refractivity (Wildman–Crippen MR) is 47.0 cm³/mol. The molecule has 0 saturated heterocycles. The standard InChI is InChI=1S/C7H5BrClNO/c1-4(11)7-5(9)2-3-6(8)10-7/h2-3H,1H3. The zero-order chi connectivity index (χ0) is 8.43. The molecule has 0 bridgehead atoms. The molecule has 1 rings (SSSR count). The van der Waals surface area contributed by atoms with Crippen LogP contribution in [0.25, 0.3) is 0 Å². The highest BCUT2D eigenvalue weighted by molar-refractivity contribution is 9.10. The number of aromatic nitrogens is 1. The predicted octanol–water partition coefficient (Wildman–Crippen LogP) is 2.70. The van der Waals surface area contributed by atoms with Gasteiger partial charge in [-0.1, -0.05) is 11.6 Å². The van der Waals surface area contributed by atoms with Crippen LogP contribution in [-0.4, -0.2) is 10.8 Å². The molecule has 58 valence electrons. The monoisotopic (exact) mass is 233 g/mol. The lowest BCUT2D eigenvalue weighted by atomic mass is 10.3. The molecule has 11 heavy (non-hydrogen) atoms. The van der Waals surface area contributed by atoms with E-state index in [0.717, 1.165) is 0 Å². The van der Waals surface area contributed by atoms with Gasteiger partial charge in [-0.15, -0.1) is 0 Å². The average molecular weight is 234 g/mol. The number of hydrogen-bond donors (Lipinski definition) is 0. The minimum Gasteiger partial charge on any atom is -0.293 e. The van der Waals surface area contributed by atoms with E-state index < -0.39 is 0 Å². The summed E-state index contributed by atoms with van der Waals surface area (Å²) in [5, 5.41) is 0.390. The maximum absolute atomic E-state index is 10.9. The molecule has 0 unspecified atom stereocenters. The first-order valence-corrected chi connectivity index (χ1v) is 4.11. The zero-order valence-electron chi connectivity index (χ0n) is 5.77. The minimum absolute atomic E-state index is 0.128. The molecule has 1 heterocycles. The third-order valence-electron chi connectivity index (χ3n) is 1.15. The van der Waals surface area contributed by atoms with Crippen LogP contribution in [0.1, 0.15) is 17.4 Å². The van der Waals surface area contributed by atoms with Crippen molar-refractivity contribution < 1.29 is 4.79 Å². The second-order valence-electron chi connectivity index (χ2n) is 2.02. The SMILES string of the molecule is CC(=O)c1nc(Br)ccc1Cl. The number of carbonyl (C=O) groups excluding carboxylic acids is 1. The van der Waals surface area contributed by atoms with Gasteiger partial charge in [-0.25, -0.2) is 4.98 Å². The van der Waals surface area contributed by atoms with Gasteiger partial charge < -0.3 is 0 Å². The van der Waals surface area contributed by atoms with Crippen molar-refractivity contribution in [1.82, 2.24) is 4.98 Å². The van der Waals surface area contributed by atoms with Crippen LogP contribution in [-0.2, 0) is 0 Å². The number of halogens is 2. The van der Waals surface area contributed by atoms with Gasteiger partial charge in [0.05, 0.1) is 5.02 Å². The van der Waals surface area contributed by atoms with Gasteiger partial charge in [-0.05, 0) is 28.1 Å². The van der Waals surface area contributed by atoms with Crippen molar-refractivity contribution >= 4 is 33.3 Å². The highest BCUT2D eigenvalue weighted by Crippen LogP contribution is 2.17. The lowest BCUT2D eigenvalue weighted by Crippen LogP contribution is -1.97. The molecular weight excluding hydrogens is 229 g/mol. The van der Waals surface area contributed by atoms with Crippen LogP contribution in [0.4, 0.5) is 0 Å². The van der Waals surface area contributed by atoms with Crippen molar-refractivity contribution in [3.05, 3.63) is 27.5 Å². The quantitative estimate of drug-likeness (QED) is 0.552. The first-order chi connectivity index (χ1) is 5.11. The molecule has 0 aliphatic heterocycles. The van der Waals surface area contributed by atoms with Gasteiger partial charge in [0.1, 0.15) is 10.3 Å². The van der Waals surface area contributed by atoms with Crippen molar-refractivity contribution in [2.75, 3.05) is 0 Å². The molecule has 0 N–H and O–H groups in total. The Morgan fingerprint density at radius 3 is 2.73 bits per heavy atom. The van der Waals surface area contributed by atoms with E-state index in [0.29, 0.717) is 15.3 Å². The Hall–Kier alpha value is -0.410. The summed E-state index contributed by atoms with van der Waals surface area (Å²) in [4.78, 5) is 14.8. The van der Waals surface area contributed by atoms with E-state index in [2.05, 4.69) is 20.9 Å². The first-order valence-electron chi connectivity index (χ1n) is 2.94. The van der Waals surface area contributed by atoms with Crippen molar-refractivity contribution in [3.8, 4) is 0 Å². The minimum atomic E-state index is -0.128. The molecule has 0 aromatic carbocycles. The van der Waals surface area contributed by atoms with Crippen molar-refractivity contribution in [2.24, 2.45) is 0 Å². The van der Waals surface area contributed by atoms with Crippen LogP contribution >= 0.6 is 27.5 Å². The summed E-state index contributed by atoms with van der Waals surface area (Å²) >= 11 is 8.83. The van der Waals surface area contributed by atoms with Gasteiger partial charge in [0.25, 0.3) is 0 Å². The number of hydrogen-bond acceptors (Lipinski definition) is 2. The van der Waals surface area contributed by atoms with E-state index >= 15 is 0 Å². The maximum Gasteiger partial charge on any atom is 0.179 e. The Labute approximate surface area is 77.7 Å². The number of nitrogens with zero attached hydrogens (tertiary/aromatic N) is 1. The molecule has 2 nitrogen and oxygen atoms in total. The normalized spacial score (nSPS) is 9.73. The molecule has 0 aliphatic rings. The smallest absolute Gasteiger partial charge is 0.179 e. The second kappa shape index (κ2) is 3.32. The Morgan fingerprint density at radius 2 is 2.27 bits per heavy atom. The summed E-state index contributed by atoms with van der Waals surface area (Å²) in [6.45, 7) is 1.43. The number of carbonyl (C=O) groups is 1. The summed E-state index contributed by atoms with van der Waals surface area (Å²) in [6.07, 6.45) is 0. The summed E-state index contributed by atoms with van der Waals surface area (Å²) in [6, 6.07) is 3.32. The van der Waals surface area contributed by atoms with E-state index in [1.807, 2.05) is 0 Å². The summed E-state index contributed by atoms with van der Waals surface area (Å²) < 4.78 is 0.618.